The third kappa shape index (κ3) is 3.51. The van der Waals surface area contributed by atoms with Crippen molar-refractivity contribution < 1.29 is 4.79 Å². The predicted octanol–water partition coefficient (Wildman–Crippen LogP) is 2.10. The fourth-order valence-electron chi connectivity index (χ4n) is 2.03. The minimum absolute atomic E-state index is 0.0679. The SMILES string of the molecule is CC(C)[C@@](C)(C#N)NC(=O)Cn1cnc2ccc(Cl)cc2c1=O. The van der Waals surface area contributed by atoms with Crippen LogP contribution in [0.15, 0.2) is 29.3 Å². The Morgan fingerprint density at radius 2 is 2.22 bits per heavy atom. The second kappa shape index (κ2) is 6.39. The molecule has 0 spiro atoms. The fourth-order valence-corrected chi connectivity index (χ4v) is 2.20. The van der Waals surface area contributed by atoms with Crippen molar-refractivity contribution in [2.45, 2.75) is 32.9 Å². The minimum atomic E-state index is -0.992. The number of halogens is 1. The molecule has 6 nitrogen and oxygen atoms in total. The van der Waals surface area contributed by atoms with Crippen LogP contribution in [0.5, 0.6) is 0 Å². The maximum atomic E-state index is 12.4. The zero-order valence-electron chi connectivity index (χ0n) is 13.1. The van der Waals surface area contributed by atoms with Crippen molar-refractivity contribution in [1.29, 1.82) is 5.26 Å². The van der Waals surface area contributed by atoms with Gasteiger partial charge in [-0.3, -0.25) is 14.2 Å². The largest absolute Gasteiger partial charge is 0.336 e. The van der Waals surface area contributed by atoms with Crippen molar-refractivity contribution in [3.63, 3.8) is 0 Å². The highest BCUT2D eigenvalue weighted by Gasteiger charge is 2.30. The molecule has 0 aliphatic heterocycles. The highest BCUT2D eigenvalue weighted by Crippen LogP contribution is 2.16. The van der Waals surface area contributed by atoms with Crippen LogP contribution in [-0.4, -0.2) is 21.0 Å². The van der Waals surface area contributed by atoms with Crippen molar-refractivity contribution in [3.05, 3.63) is 39.9 Å². The van der Waals surface area contributed by atoms with Crippen LogP contribution in [0.4, 0.5) is 0 Å². The zero-order chi connectivity index (χ0) is 17.2. The number of fused-ring (bicyclic) bond motifs is 1. The number of rotatable bonds is 4. The molecule has 0 aliphatic rings. The molecule has 0 saturated carbocycles. The molecule has 2 aromatic rings. The predicted molar refractivity (Wildman–Crippen MR) is 88.0 cm³/mol. The molecule has 0 unspecified atom stereocenters. The second-order valence-electron chi connectivity index (χ2n) is 5.86. The minimum Gasteiger partial charge on any atom is -0.336 e. The molecule has 1 aromatic carbocycles. The molecule has 2 rings (SSSR count). The third-order valence-electron chi connectivity index (χ3n) is 3.89. The van der Waals surface area contributed by atoms with Gasteiger partial charge in [0.25, 0.3) is 5.56 Å². The van der Waals surface area contributed by atoms with Gasteiger partial charge >= 0.3 is 0 Å². The van der Waals surface area contributed by atoms with E-state index in [1.54, 1.807) is 19.1 Å². The highest BCUT2D eigenvalue weighted by atomic mass is 35.5. The average molecular weight is 333 g/mol. The van der Waals surface area contributed by atoms with Crippen LogP contribution in [0.1, 0.15) is 20.8 Å². The van der Waals surface area contributed by atoms with Gasteiger partial charge in [0.2, 0.25) is 5.91 Å². The highest BCUT2D eigenvalue weighted by molar-refractivity contribution is 6.31. The fraction of sp³-hybridized carbons (Fsp3) is 0.375. The summed E-state index contributed by atoms with van der Waals surface area (Å²) in [6, 6.07) is 6.91. The van der Waals surface area contributed by atoms with Crippen LogP contribution in [0.3, 0.4) is 0 Å². The molecule has 1 aromatic heterocycles. The van der Waals surface area contributed by atoms with Gasteiger partial charge in [-0.1, -0.05) is 25.4 Å². The van der Waals surface area contributed by atoms with E-state index >= 15 is 0 Å². The Hall–Kier alpha value is -2.39. The maximum Gasteiger partial charge on any atom is 0.261 e. The Labute approximate surface area is 138 Å². The molecular weight excluding hydrogens is 316 g/mol. The molecule has 0 aliphatic carbocycles. The van der Waals surface area contributed by atoms with Crippen molar-refractivity contribution in [1.82, 2.24) is 14.9 Å². The number of hydrogen-bond donors (Lipinski definition) is 1. The number of nitrogens with zero attached hydrogens (tertiary/aromatic N) is 3. The summed E-state index contributed by atoms with van der Waals surface area (Å²) in [7, 11) is 0. The molecule has 120 valence electrons. The van der Waals surface area contributed by atoms with E-state index in [0.717, 1.165) is 0 Å². The van der Waals surface area contributed by atoms with Gasteiger partial charge in [-0.15, -0.1) is 0 Å². The van der Waals surface area contributed by atoms with E-state index in [4.69, 9.17) is 11.6 Å². The van der Waals surface area contributed by atoms with Gasteiger partial charge < -0.3 is 5.32 Å². The Bertz CT molecular complexity index is 853. The number of aromatic nitrogens is 2. The van der Waals surface area contributed by atoms with Crippen LogP contribution < -0.4 is 10.9 Å². The van der Waals surface area contributed by atoms with Crippen molar-refractivity contribution in [2.75, 3.05) is 0 Å². The number of carbonyl (C=O) groups is 1. The average Bonchev–Trinajstić information content (AvgIpc) is 2.50. The lowest BCUT2D eigenvalue weighted by Crippen LogP contribution is -2.50. The number of nitriles is 1. The number of carbonyl (C=O) groups excluding carboxylic acids is 1. The molecule has 1 heterocycles. The van der Waals surface area contributed by atoms with Gasteiger partial charge in [-0.05, 0) is 31.0 Å². The Morgan fingerprint density at radius 3 is 2.83 bits per heavy atom. The van der Waals surface area contributed by atoms with Gasteiger partial charge in [-0.25, -0.2) is 4.98 Å². The van der Waals surface area contributed by atoms with Crippen molar-refractivity contribution >= 4 is 28.4 Å². The summed E-state index contributed by atoms with van der Waals surface area (Å²) < 4.78 is 1.20. The molecule has 1 atom stereocenters. The molecule has 0 saturated heterocycles. The van der Waals surface area contributed by atoms with Gasteiger partial charge in [0, 0.05) is 5.02 Å². The summed E-state index contributed by atoms with van der Waals surface area (Å²) >= 11 is 5.90. The summed E-state index contributed by atoms with van der Waals surface area (Å²) in [5.41, 5.74) is -0.829. The summed E-state index contributed by atoms with van der Waals surface area (Å²) in [6.07, 6.45) is 1.32. The van der Waals surface area contributed by atoms with E-state index in [9.17, 15) is 14.9 Å². The van der Waals surface area contributed by atoms with E-state index in [2.05, 4.69) is 16.4 Å². The van der Waals surface area contributed by atoms with E-state index in [-0.39, 0.29) is 18.0 Å². The molecule has 1 amide bonds. The smallest absolute Gasteiger partial charge is 0.261 e. The number of hydrogen-bond acceptors (Lipinski definition) is 4. The van der Waals surface area contributed by atoms with Crippen molar-refractivity contribution in [2.24, 2.45) is 5.92 Å². The van der Waals surface area contributed by atoms with Gasteiger partial charge in [0.15, 0.2) is 0 Å². The topological polar surface area (TPSA) is 87.8 Å². The molecular formula is C16H17ClN4O2. The van der Waals surface area contributed by atoms with Crippen LogP contribution in [0, 0.1) is 17.2 Å². The first kappa shape index (κ1) is 17.0. The quantitative estimate of drug-likeness (QED) is 0.928. The first-order chi connectivity index (χ1) is 10.8. The first-order valence-corrected chi connectivity index (χ1v) is 7.51. The summed E-state index contributed by atoms with van der Waals surface area (Å²) in [5.74, 6) is -0.491. The van der Waals surface area contributed by atoms with Crippen LogP contribution >= 0.6 is 11.6 Å². The van der Waals surface area contributed by atoms with Gasteiger partial charge in [-0.2, -0.15) is 5.26 Å². The molecule has 0 radical (unpaired) electrons. The van der Waals surface area contributed by atoms with E-state index in [1.165, 1.54) is 17.0 Å². The third-order valence-corrected chi connectivity index (χ3v) is 4.12. The molecule has 23 heavy (non-hydrogen) atoms. The second-order valence-corrected chi connectivity index (χ2v) is 6.29. The Morgan fingerprint density at radius 1 is 1.52 bits per heavy atom. The molecule has 7 heteroatoms. The molecule has 0 fully saturated rings. The first-order valence-electron chi connectivity index (χ1n) is 7.14. The number of nitrogens with one attached hydrogen (secondary N) is 1. The standard InChI is InChI=1S/C16H17ClN4O2/c1-10(2)16(3,8-18)20-14(22)7-21-9-19-13-5-4-11(17)6-12(13)15(21)23/h4-6,9-10H,7H2,1-3H3,(H,20,22)/t16-/m1/s1. The summed E-state index contributed by atoms with van der Waals surface area (Å²) in [4.78, 5) is 28.7. The van der Waals surface area contributed by atoms with E-state index < -0.39 is 11.4 Å². The van der Waals surface area contributed by atoms with Crippen LogP contribution in [0.2, 0.25) is 5.02 Å². The van der Waals surface area contributed by atoms with Crippen LogP contribution in [-0.2, 0) is 11.3 Å². The summed E-state index contributed by atoms with van der Waals surface area (Å²) in [5, 5.41) is 12.7. The lowest BCUT2D eigenvalue weighted by atomic mass is 9.90. The lowest BCUT2D eigenvalue weighted by Gasteiger charge is -2.27. The van der Waals surface area contributed by atoms with Crippen molar-refractivity contribution in [3.8, 4) is 6.07 Å². The van der Waals surface area contributed by atoms with Crippen LogP contribution in [0.25, 0.3) is 10.9 Å². The number of benzene rings is 1. The van der Waals surface area contributed by atoms with E-state index in [1.807, 2.05) is 13.8 Å². The van der Waals surface area contributed by atoms with Gasteiger partial charge in [0.1, 0.15) is 12.1 Å². The molecule has 1 N–H and O–H groups in total. The number of amides is 1. The Kier molecular flexibility index (Phi) is 4.71. The maximum absolute atomic E-state index is 12.4. The normalized spacial score (nSPS) is 13.6. The monoisotopic (exact) mass is 332 g/mol. The molecule has 0 bridgehead atoms. The van der Waals surface area contributed by atoms with E-state index in [0.29, 0.717) is 15.9 Å². The lowest BCUT2D eigenvalue weighted by molar-refractivity contribution is -0.123. The van der Waals surface area contributed by atoms with Gasteiger partial charge in [0.05, 0.1) is 23.3 Å². The zero-order valence-corrected chi connectivity index (χ0v) is 13.9. The Balaban J connectivity index is 2.29. The summed E-state index contributed by atoms with van der Waals surface area (Å²) in [6.45, 7) is 5.12.